The fourth-order valence-corrected chi connectivity index (χ4v) is 4.45. The summed E-state index contributed by atoms with van der Waals surface area (Å²) in [5, 5.41) is 15.3. The van der Waals surface area contributed by atoms with Crippen molar-refractivity contribution in [1.82, 2.24) is 14.9 Å². The van der Waals surface area contributed by atoms with Gasteiger partial charge >= 0.3 is 0 Å². The van der Waals surface area contributed by atoms with Crippen LogP contribution in [0, 0.1) is 11.8 Å². The average Bonchev–Trinajstić information content (AvgIpc) is 2.87. The Bertz CT molecular complexity index is 539. The van der Waals surface area contributed by atoms with Gasteiger partial charge < -0.3 is 5.11 Å². The number of aromatic nitrogens is 2. The van der Waals surface area contributed by atoms with Crippen LogP contribution in [0.4, 0.5) is 0 Å². The molecule has 2 rings (SSSR count). The van der Waals surface area contributed by atoms with Gasteiger partial charge in [-0.2, -0.15) is 5.10 Å². The molecule has 1 fully saturated rings. The van der Waals surface area contributed by atoms with Crippen LogP contribution < -0.4 is 4.72 Å². The molecule has 1 aliphatic rings. The first kappa shape index (κ1) is 15.5. The van der Waals surface area contributed by atoms with E-state index in [1.807, 2.05) is 0 Å². The molecule has 20 heavy (non-hydrogen) atoms. The summed E-state index contributed by atoms with van der Waals surface area (Å²) in [6, 6.07) is -0.0383. The lowest BCUT2D eigenvalue weighted by molar-refractivity contribution is 0.226. The molecular formula is C13H23N3O3S. The molecule has 0 aromatic carbocycles. The Morgan fingerprint density at radius 3 is 2.80 bits per heavy atom. The molecule has 3 N–H and O–H groups in total. The fraction of sp³-hybridized carbons (Fsp3) is 0.769. The zero-order valence-corrected chi connectivity index (χ0v) is 12.8. The van der Waals surface area contributed by atoms with E-state index in [1.165, 1.54) is 6.20 Å². The highest BCUT2D eigenvalue weighted by molar-refractivity contribution is 7.89. The van der Waals surface area contributed by atoms with Crippen molar-refractivity contribution in [3.05, 3.63) is 11.8 Å². The fourth-order valence-electron chi connectivity index (χ4n) is 3.01. The molecule has 1 aromatic rings. The van der Waals surface area contributed by atoms with Gasteiger partial charge in [0.15, 0.2) is 5.03 Å². The standard InChI is InChI=1S/C13H23N3O3S/c1-9(2)11-5-3-4-6-12(11)16-20(18,19)13-10(8-17)7-14-15-13/h7,9,11-12,16-17H,3-6,8H2,1-2H3,(H,14,15). The molecule has 2 unspecified atom stereocenters. The number of aliphatic hydroxyl groups is 1. The molecule has 1 aliphatic carbocycles. The van der Waals surface area contributed by atoms with Gasteiger partial charge in [-0.05, 0) is 24.7 Å². The van der Waals surface area contributed by atoms with Crippen molar-refractivity contribution in [3.8, 4) is 0 Å². The van der Waals surface area contributed by atoms with Crippen LogP contribution in [0.15, 0.2) is 11.2 Å². The average molecular weight is 301 g/mol. The van der Waals surface area contributed by atoms with Crippen molar-refractivity contribution >= 4 is 10.0 Å². The van der Waals surface area contributed by atoms with Crippen molar-refractivity contribution < 1.29 is 13.5 Å². The minimum atomic E-state index is -3.65. The van der Waals surface area contributed by atoms with Crippen LogP contribution in [-0.2, 0) is 16.6 Å². The van der Waals surface area contributed by atoms with Crippen molar-refractivity contribution in [2.45, 2.75) is 57.2 Å². The van der Waals surface area contributed by atoms with Gasteiger partial charge in [-0.3, -0.25) is 5.10 Å². The lowest BCUT2D eigenvalue weighted by Crippen LogP contribution is -2.44. The predicted octanol–water partition coefficient (Wildman–Crippen LogP) is 1.40. The van der Waals surface area contributed by atoms with Gasteiger partial charge in [-0.1, -0.05) is 26.7 Å². The third-order valence-electron chi connectivity index (χ3n) is 4.10. The largest absolute Gasteiger partial charge is 0.392 e. The number of hydrogen-bond acceptors (Lipinski definition) is 4. The highest BCUT2D eigenvalue weighted by Gasteiger charge is 2.32. The van der Waals surface area contributed by atoms with Gasteiger partial charge in [0.25, 0.3) is 10.0 Å². The number of sulfonamides is 1. The molecule has 0 saturated heterocycles. The minimum Gasteiger partial charge on any atom is -0.392 e. The summed E-state index contributed by atoms with van der Waals surface area (Å²) in [4.78, 5) is 0. The molecule has 2 atom stereocenters. The van der Waals surface area contributed by atoms with Gasteiger partial charge in [-0.25, -0.2) is 13.1 Å². The van der Waals surface area contributed by atoms with Gasteiger partial charge in [-0.15, -0.1) is 0 Å². The van der Waals surface area contributed by atoms with E-state index in [0.29, 0.717) is 17.4 Å². The van der Waals surface area contributed by atoms with Gasteiger partial charge in [0.1, 0.15) is 0 Å². The van der Waals surface area contributed by atoms with Crippen LogP contribution in [0.5, 0.6) is 0 Å². The van der Waals surface area contributed by atoms with E-state index in [-0.39, 0.29) is 17.7 Å². The smallest absolute Gasteiger partial charge is 0.258 e. The zero-order chi connectivity index (χ0) is 14.8. The SMILES string of the molecule is CC(C)C1CCCCC1NS(=O)(=O)c1[nH]ncc1CO. The number of aromatic amines is 1. The number of nitrogens with zero attached hydrogens (tertiary/aromatic N) is 1. The lowest BCUT2D eigenvalue weighted by atomic mass is 9.78. The molecule has 114 valence electrons. The third kappa shape index (κ3) is 3.21. The number of aliphatic hydroxyl groups excluding tert-OH is 1. The number of rotatable bonds is 5. The number of hydrogen-bond donors (Lipinski definition) is 3. The molecular weight excluding hydrogens is 278 g/mol. The summed E-state index contributed by atoms with van der Waals surface area (Å²) in [7, 11) is -3.65. The number of H-pyrrole nitrogens is 1. The summed E-state index contributed by atoms with van der Waals surface area (Å²) in [6.07, 6.45) is 5.47. The molecule has 7 heteroatoms. The Balaban J connectivity index is 2.19. The normalized spacial score (nSPS) is 24.2. The minimum absolute atomic E-state index is 0.0203. The summed E-state index contributed by atoms with van der Waals surface area (Å²) in [5.74, 6) is 0.807. The second kappa shape index (κ2) is 6.24. The molecule has 0 amide bonds. The maximum absolute atomic E-state index is 12.4. The highest BCUT2D eigenvalue weighted by atomic mass is 32.2. The Labute approximate surface area is 120 Å². The maximum Gasteiger partial charge on any atom is 0.258 e. The molecule has 1 aromatic heterocycles. The van der Waals surface area contributed by atoms with Crippen LogP contribution in [0.3, 0.4) is 0 Å². The summed E-state index contributed by atoms with van der Waals surface area (Å²) in [5.41, 5.74) is 0.300. The Hall–Kier alpha value is -0.920. The second-order valence-electron chi connectivity index (χ2n) is 5.80. The first-order valence-corrected chi connectivity index (χ1v) is 8.59. The topological polar surface area (TPSA) is 95.1 Å². The first-order chi connectivity index (χ1) is 9.45. The Kier molecular flexibility index (Phi) is 4.82. The quantitative estimate of drug-likeness (QED) is 0.766. The van der Waals surface area contributed by atoms with E-state index < -0.39 is 10.0 Å². The molecule has 0 aliphatic heterocycles. The van der Waals surface area contributed by atoms with Gasteiger partial charge in [0, 0.05) is 11.6 Å². The van der Waals surface area contributed by atoms with Crippen molar-refractivity contribution in [2.75, 3.05) is 0 Å². The van der Waals surface area contributed by atoms with Gasteiger partial charge in [0.05, 0.1) is 12.8 Å². The molecule has 0 spiro atoms. The second-order valence-corrected chi connectivity index (χ2v) is 7.45. The van der Waals surface area contributed by atoms with E-state index in [0.717, 1.165) is 25.7 Å². The Morgan fingerprint density at radius 1 is 1.45 bits per heavy atom. The third-order valence-corrected chi connectivity index (χ3v) is 5.60. The van der Waals surface area contributed by atoms with Crippen LogP contribution in [0.1, 0.15) is 45.1 Å². The summed E-state index contributed by atoms with van der Waals surface area (Å²) in [6.45, 7) is 3.92. The molecule has 0 radical (unpaired) electrons. The summed E-state index contributed by atoms with van der Waals surface area (Å²) < 4.78 is 27.6. The van der Waals surface area contributed by atoms with Crippen LogP contribution in [-0.4, -0.2) is 29.8 Å². The molecule has 6 nitrogen and oxygen atoms in total. The van der Waals surface area contributed by atoms with E-state index in [4.69, 9.17) is 5.11 Å². The predicted molar refractivity (Wildman–Crippen MR) is 75.4 cm³/mol. The zero-order valence-electron chi connectivity index (χ0n) is 12.0. The lowest BCUT2D eigenvalue weighted by Gasteiger charge is -2.34. The van der Waals surface area contributed by atoms with Gasteiger partial charge in [0.2, 0.25) is 0 Å². The summed E-state index contributed by atoms with van der Waals surface area (Å²) >= 11 is 0. The van der Waals surface area contributed by atoms with Crippen LogP contribution in [0.25, 0.3) is 0 Å². The van der Waals surface area contributed by atoms with E-state index >= 15 is 0 Å². The van der Waals surface area contributed by atoms with E-state index in [2.05, 4.69) is 28.8 Å². The van der Waals surface area contributed by atoms with Crippen LogP contribution >= 0.6 is 0 Å². The van der Waals surface area contributed by atoms with Crippen molar-refractivity contribution in [2.24, 2.45) is 11.8 Å². The monoisotopic (exact) mass is 301 g/mol. The van der Waals surface area contributed by atoms with E-state index in [9.17, 15) is 8.42 Å². The Morgan fingerprint density at radius 2 is 2.15 bits per heavy atom. The van der Waals surface area contributed by atoms with Crippen molar-refractivity contribution in [1.29, 1.82) is 0 Å². The maximum atomic E-state index is 12.4. The first-order valence-electron chi connectivity index (χ1n) is 7.11. The number of nitrogens with one attached hydrogen (secondary N) is 2. The molecule has 1 heterocycles. The van der Waals surface area contributed by atoms with E-state index in [1.54, 1.807) is 0 Å². The van der Waals surface area contributed by atoms with Crippen molar-refractivity contribution in [3.63, 3.8) is 0 Å². The molecule has 1 saturated carbocycles. The highest BCUT2D eigenvalue weighted by Crippen LogP contribution is 2.31. The molecule has 0 bridgehead atoms. The van der Waals surface area contributed by atoms with Crippen LogP contribution in [0.2, 0.25) is 0 Å².